The van der Waals surface area contributed by atoms with Gasteiger partial charge in [-0.2, -0.15) is 0 Å². The SMILES string of the molecule is CC(C)(C)OC(=O)N1CCNCC1C(C)(F)F. The highest BCUT2D eigenvalue weighted by Crippen LogP contribution is 2.25. The molecule has 6 heteroatoms. The van der Waals surface area contributed by atoms with Gasteiger partial charge in [-0.3, -0.25) is 4.90 Å². The molecule has 0 aliphatic carbocycles. The van der Waals surface area contributed by atoms with Crippen molar-refractivity contribution in [3.8, 4) is 0 Å². The van der Waals surface area contributed by atoms with Crippen LogP contribution in [-0.4, -0.2) is 48.2 Å². The van der Waals surface area contributed by atoms with Crippen LogP contribution in [0.4, 0.5) is 13.6 Å². The minimum Gasteiger partial charge on any atom is -0.444 e. The molecule has 1 aliphatic rings. The lowest BCUT2D eigenvalue weighted by Crippen LogP contribution is -2.60. The van der Waals surface area contributed by atoms with Crippen LogP contribution in [0.15, 0.2) is 0 Å². The van der Waals surface area contributed by atoms with E-state index in [0.717, 1.165) is 11.8 Å². The second-order valence-corrected chi connectivity index (χ2v) is 5.35. The Morgan fingerprint density at radius 2 is 1.94 bits per heavy atom. The number of amides is 1. The molecule has 100 valence electrons. The number of hydrogen-bond acceptors (Lipinski definition) is 3. The van der Waals surface area contributed by atoms with Crippen molar-refractivity contribution in [2.45, 2.75) is 45.3 Å². The predicted octanol–water partition coefficient (Wildman–Crippen LogP) is 1.85. The number of piperazine rings is 1. The first kappa shape index (κ1) is 14.2. The predicted molar refractivity (Wildman–Crippen MR) is 60.2 cm³/mol. The molecule has 4 nitrogen and oxygen atoms in total. The summed E-state index contributed by atoms with van der Waals surface area (Å²) in [6, 6.07) is -1.15. The zero-order valence-corrected chi connectivity index (χ0v) is 10.7. The first-order valence-corrected chi connectivity index (χ1v) is 5.69. The molecule has 0 saturated carbocycles. The van der Waals surface area contributed by atoms with Gasteiger partial charge in [0.25, 0.3) is 5.92 Å². The van der Waals surface area contributed by atoms with E-state index < -0.39 is 23.7 Å². The number of carbonyl (C=O) groups excluding carboxylic acids is 1. The summed E-state index contributed by atoms with van der Waals surface area (Å²) < 4.78 is 31.9. The Bertz CT molecular complexity index is 284. The maximum Gasteiger partial charge on any atom is 0.410 e. The standard InChI is InChI=1S/C11H20F2N2O2/c1-10(2,3)17-9(16)15-6-5-14-7-8(15)11(4,12)13/h8,14H,5-7H2,1-4H3. The second-order valence-electron chi connectivity index (χ2n) is 5.35. The molecule has 0 aromatic heterocycles. The third-order valence-corrected chi connectivity index (χ3v) is 2.46. The van der Waals surface area contributed by atoms with E-state index in [0.29, 0.717) is 6.54 Å². The fraction of sp³-hybridized carbons (Fsp3) is 0.909. The smallest absolute Gasteiger partial charge is 0.410 e. The molecule has 0 spiro atoms. The van der Waals surface area contributed by atoms with Gasteiger partial charge in [0, 0.05) is 26.6 Å². The molecular weight excluding hydrogens is 230 g/mol. The van der Waals surface area contributed by atoms with E-state index in [4.69, 9.17) is 4.74 Å². The molecule has 1 atom stereocenters. The summed E-state index contributed by atoms with van der Waals surface area (Å²) in [7, 11) is 0. The van der Waals surface area contributed by atoms with Gasteiger partial charge in [-0.15, -0.1) is 0 Å². The molecule has 1 saturated heterocycles. The summed E-state index contributed by atoms with van der Waals surface area (Å²) in [5, 5.41) is 2.86. The maximum atomic E-state index is 13.4. The molecule has 17 heavy (non-hydrogen) atoms. The highest BCUT2D eigenvalue weighted by molar-refractivity contribution is 5.69. The number of halogens is 2. The van der Waals surface area contributed by atoms with Gasteiger partial charge in [0.2, 0.25) is 0 Å². The lowest BCUT2D eigenvalue weighted by Gasteiger charge is -2.39. The van der Waals surface area contributed by atoms with Gasteiger partial charge >= 0.3 is 6.09 Å². The third-order valence-electron chi connectivity index (χ3n) is 2.46. The van der Waals surface area contributed by atoms with Gasteiger partial charge in [0.1, 0.15) is 11.6 Å². The summed E-state index contributed by atoms with van der Waals surface area (Å²) >= 11 is 0. The summed E-state index contributed by atoms with van der Waals surface area (Å²) in [4.78, 5) is 12.9. The molecule has 1 fully saturated rings. The van der Waals surface area contributed by atoms with Gasteiger partial charge in [-0.25, -0.2) is 13.6 Å². The minimum atomic E-state index is -2.94. The number of alkyl halides is 2. The fourth-order valence-corrected chi connectivity index (χ4v) is 1.70. The zero-order valence-electron chi connectivity index (χ0n) is 10.7. The summed E-state index contributed by atoms with van der Waals surface area (Å²) in [6.07, 6.45) is -0.675. The second kappa shape index (κ2) is 4.76. The van der Waals surface area contributed by atoms with Crippen LogP contribution >= 0.6 is 0 Å². The molecule has 1 heterocycles. The van der Waals surface area contributed by atoms with E-state index in [1.54, 1.807) is 20.8 Å². The van der Waals surface area contributed by atoms with Crippen molar-refractivity contribution < 1.29 is 18.3 Å². The van der Waals surface area contributed by atoms with Crippen molar-refractivity contribution in [2.24, 2.45) is 0 Å². The van der Waals surface area contributed by atoms with E-state index >= 15 is 0 Å². The third kappa shape index (κ3) is 4.11. The lowest BCUT2D eigenvalue weighted by atomic mass is 10.1. The minimum absolute atomic E-state index is 0.0861. The van der Waals surface area contributed by atoms with Crippen LogP contribution in [0.25, 0.3) is 0 Å². The van der Waals surface area contributed by atoms with E-state index in [9.17, 15) is 13.6 Å². The summed E-state index contributed by atoms with van der Waals surface area (Å²) in [5.74, 6) is -2.94. The molecule has 0 radical (unpaired) electrons. The number of ether oxygens (including phenoxy) is 1. The van der Waals surface area contributed by atoms with Crippen molar-refractivity contribution in [2.75, 3.05) is 19.6 Å². The van der Waals surface area contributed by atoms with Crippen LogP contribution in [0.2, 0.25) is 0 Å². The van der Waals surface area contributed by atoms with Gasteiger partial charge in [-0.1, -0.05) is 0 Å². The average Bonchev–Trinajstić information content (AvgIpc) is 2.13. The van der Waals surface area contributed by atoms with E-state index in [-0.39, 0.29) is 13.1 Å². The van der Waals surface area contributed by atoms with Crippen molar-refractivity contribution >= 4 is 6.09 Å². The van der Waals surface area contributed by atoms with Gasteiger partial charge in [-0.05, 0) is 20.8 Å². The molecule has 0 bridgehead atoms. The summed E-state index contributed by atoms with van der Waals surface area (Å²) in [6.45, 7) is 6.80. The number of hydrogen-bond donors (Lipinski definition) is 1. The van der Waals surface area contributed by atoms with E-state index in [2.05, 4.69) is 5.32 Å². The molecule has 1 aliphatic heterocycles. The number of carbonyl (C=O) groups is 1. The molecule has 1 N–H and O–H groups in total. The van der Waals surface area contributed by atoms with Crippen molar-refractivity contribution in [3.63, 3.8) is 0 Å². The first-order chi connectivity index (χ1) is 7.61. The van der Waals surface area contributed by atoms with Gasteiger partial charge in [0.05, 0.1) is 0 Å². The normalized spacial score (nSPS) is 22.5. The quantitative estimate of drug-likeness (QED) is 0.772. The largest absolute Gasteiger partial charge is 0.444 e. The Morgan fingerprint density at radius 1 is 1.35 bits per heavy atom. The Kier molecular flexibility index (Phi) is 3.96. The Balaban J connectivity index is 2.75. The van der Waals surface area contributed by atoms with Crippen LogP contribution in [-0.2, 0) is 4.74 Å². The van der Waals surface area contributed by atoms with Crippen LogP contribution < -0.4 is 5.32 Å². The van der Waals surface area contributed by atoms with Crippen LogP contribution in [0.3, 0.4) is 0 Å². The Hall–Kier alpha value is -0.910. The Labute approximate surface area is 100 Å². The number of nitrogens with one attached hydrogen (secondary N) is 1. The molecule has 1 unspecified atom stereocenters. The van der Waals surface area contributed by atoms with Gasteiger partial charge in [0.15, 0.2) is 0 Å². The van der Waals surface area contributed by atoms with Crippen molar-refractivity contribution in [1.82, 2.24) is 10.2 Å². The van der Waals surface area contributed by atoms with Crippen molar-refractivity contribution in [1.29, 1.82) is 0 Å². The average molecular weight is 250 g/mol. The van der Waals surface area contributed by atoms with Gasteiger partial charge < -0.3 is 10.1 Å². The van der Waals surface area contributed by atoms with E-state index in [1.165, 1.54) is 0 Å². The monoisotopic (exact) mass is 250 g/mol. The zero-order chi connectivity index (χ0) is 13.3. The van der Waals surface area contributed by atoms with Crippen LogP contribution in [0, 0.1) is 0 Å². The maximum absolute atomic E-state index is 13.4. The first-order valence-electron chi connectivity index (χ1n) is 5.69. The van der Waals surface area contributed by atoms with Crippen LogP contribution in [0.1, 0.15) is 27.7 Å². The lowest BCUT2D eigenvalue weighted by molar-refractivity contribution is -0.0777. The van der Waals surface area contributed by atoms with Crippen molar-refractivity contribution in [3.05, 3.63) is 0 Å². The number of nitrogens with zero attached hydrogens (tertiary/aromatic N) is 1. The fourth-order valence-electron chi connectivity index (χ4n) is 1.70. The summed E-state index contributed by atoms with van der Waals surface area (Å²) in [5.41, 5.74) is -0.671. The number of rotatable bonds is 1. The molecule has 1 amide bonds. The molecule has 1 rings (SSSR count). The molecule has 0 aromatic carbocycles. The molecular formula is C11H20F2N2O2. The van der Waals surface area contributed by atoms with Crippen LogP contribution in [0.5, 0.6) is 0 Å². The highest BCUT2D eigenvalue weighted by atomic mass is 19.3. The highest BCUT2D eigenvalue weighted by Gasteiger charge is 2.43. The molecule has 0 aromatic rings. The van der Waals surface area contributed by atoms with E-state index in [1.807, 2.05) is 0 Å². The Morgan fingerprint density at radius 3 is 2.41 bits per heavy atom. The topological polar surface area (TPSA) is 41.6 Å².